The van der Waals surface area contributed by atoms with Crippen molar-refractivity contribution in [2.45, 2.75) is 45.2 Å². The summed E-state index contributed by atoms with van der Waals surface area (Å²) in [4.78, 5) is 13.1. The molecule has 256 valence electrons. The van der Waals surface area contributed by atoms with Crippen molar-refractivity contribution in [1.82, 2.24) is 20.0 Å². The Balaban J connectivity index is 1.43. The van der Waals surface area contributed by atoms with Crippen molar-refractivity contribution >= 4 is 24.5 Å². The first-order valence-corrected chi connectivity index (χ1v) is 18.7. The zero-order valence-corrected chi connectivity index (χ0v) is 29.7. The van der Waals surface area contributed by atoms with E-state index in [1.807, 2.05) is 43.3 Å². The molecule has 0 unspecified atom stereocenters. The monoisotopic (exact) mass is 687 g/mol. The molecule has 2 aromatic heterocycles. The molecule has 4 aromatic carbocycles. The Morgan fingerprint density at radius 2 is 1.50 bits per heavy atom. The highest BCUT2D eigenvalue weighted by atomic mass is 28.4. The molecule has 0 fully saturated rings. The number of nitrogens with zero attached hydrogens (tertiary/aromatic N) is 3. The summed E-state index contributed by atoms with van der Waals surface area (Å²) in [5, 5.41) is 28.5. The van der Waals surface area contributed by atoms with E-state index in [4.69, 9.17) is 9.52 Å². The molecule has 10 heteroatoms. The number of halogens is 1. The topological polar surface area (TPSA) is 105 Å². The molecule has 8 nitrogen and oxygen atoms in total. The average Bonchev–Trinajstić information content (AvgIpc) is 3.53. The molecule has 6 aromatic rings. The quantitative estimate of drug-likeness (QED) is 0.127. The Hall–Kier alpha value is -5.16. The van der Waals surface area contributed by atoms with Gasteiger partial charge in [-0.1, -0.05) is 99.6 Å². The van der Waals surface area contributed by atoms with Crippen molar-refractivity contribution in [3.63, 3.8) is 0 Å². The van der Waals surface area contributed by atoms with E-state index >= 15 is 0 Å². The Morgan fingerprint density at radius 3 is 2.10 bits per heavy atom. The van der Waals surface area contributed by atoms with Gasteiger partial charge in [0.15, 0.2) is 0 Å². The largest absolute Gasteiger partial charge is 0.405 e. The average molecular weight is 688 g/mol. The van der Waals surface area contributed by atoms with Gasteiger partial charge in [0.1, 0.15) is 17.3 Å². The normalized spacial score (nSPS) is 12.5. The second-order valence-electron chi connectivity index (χ2n) is 13.4. The van der Waals surface area contributed by atoms with Crippen LogP contribution in [0.4, 0.5) is 10.2 Å². The Labute approximate surface area is 292 Å². The molecule has 0 aliphatic heterocycles. The second kappa shape index (κ2) is 14.8. The summed E-state index contributed by atoms with van der Waals surface area (Å²) in [5.74, 6) is 0.176. The molecule has 6 rings (SSSR count). The van der Waals surface area contributed by atoms with Crippen LogP contribution in [0.5, 0.6) is 0 Å². The molecule has 2 heterocycles. The number of anilines is 1. The molecule has 0 bridgehead atoms. The van der Waals surface area contributed by atoms with Gasteiger partial charge in [-0.2, -0.15) is 14.9 Å². The van der Waals surface area contributed by atoms with E-state index in [-0.39, 0.29) is 35.7 Å². The van der Waals surface area contributed by atoms with Crippen molar-refractivity contribution in [1.29, 1.82) is 0 Å². The molecule has 0 aliphatic carbocycles. The van der Waals surface area contributed by atoms with Gasteiger partial charge >= 0.3 is 0 Å². The van der Waals surface area contributed by atoms with Crippen LogP contribution in [0.15, 0.2) is 126 Å². The summed E-state index contributed by atoms with van der Waals surface area (Å²) in [7, 11) is -2.88. The van der Waals surface area contributed by atoms with Crippen LogP contribution in [0.3, 0.4) is 0 Å². The Kier molecular flexibility index (Phi) is 10.2. The van der Waals surface area contributed by atoms with E-state index in [9.17, 15) is 14.3 Å². The number of aromatic nitrogens is 4. The fourth-order valence-corrected chi connectivity index (χ4v) is 11.2. The van der Waals surface area contributed by atoms with Gasteiger partial charge in [-0.3, -0.25) is 9.89 Å². The van der Waals surface area contributed by atoms with Crippen molar-refractivity contribution in [3.8, 4) is 28.2 Å². The predicted molar refractivity (Wildman–Crippen MR) is 200 cm³/mol. The molecule has 0 amide bonds. The lowest BCUT2D eigenvalue weighted by atomic mass is 10.0. The smallest absolute Gasteiger partial charge is 0.271 e. The first-order chi connectivity index (χ1) is 24.1. The number of hydrogen-bond acceptors (Lipinski definition) is 6. The number of hydrogen-bond donors (Lipinski definition) is 3. The van der Waals surface area contributed by atoms with Crippen molar-refractivity contribution in [2.24, 2.45) is 0 Å². The van der Waals surface area contributed by atoms with Crippen LogP contribution in [0.1, 0.15) is 32.8 Å². The van der Waals surface area contributed by atoms with Crippen LogP contribution in [0.25, 0.3) is 28.2 Å². The van der Waals surface area contributed by atoms with Gasteiger partial charge in [0, 0.05) is 18.2 Å². The van der Waals surface area contributed by atoms with Gasteiger partial charge in [0.25, 0.3) is 13.9 Å². The zero-order valence-electron chi connectivity index (χ0n) is 28.7. The minimum absolute atomic E-state index is 0.0769. The molecule has 0 spiro atoms. The SMILES string of the molecule is Cc1ccccc1-n1nc(-c2c(-c3ccc(F)cc3)n[nH]c2N[C@@H](CCO)CO[Si](c2ccccc2)(c2ccccc2)C(C)(C)C)ccc1=O. The van der Waals surface area contributed by atoms with Gasteiger partial charge in [0.2, 0.25) is 0 Å². The molecule has 0 aliphatic rings. The lowest BCUT2D eigenvalue weighted by Crippen LogP contribution is -2.67. The standard InChI is InChI=1S/C40H42FN5O3Si/c1-28-13-11-12-18-35(28)46-36(48)24-23-34(45-46)37-38(29-19-21-30(41)22-20-29)43-44-39(37)42-31(25-26-47)27-49-50(40(2,3)4,32-14-7-5-8-15-32)33-16-9-6-10-17-33/h5-24,31,47H,25-27H2,1-4H3,(H2,42,43,44)/t31-/m0/s1. The van der Waals surface area contributed by atoms with Crippen LogP contribution in [0, 0.1) is 12.7 Å². The number of H-pyrrole nitrogens is 1. The number of aryl methyl sites for hydroxylation is 1. The summed E-state index contributed by atoms with van der Waals surface area (Å²) in [6.07, 6.45) is 0.388. The van der Waals surface area contributed by atoms with Crippen LogP contribution in [-0.2, 0) is 4.43 Å². The molecule has 1 atom stereocenters. The van der Waals surface area contributed by atoms with Crippen LogP contribution in [-0.4, -0.2) is 52.7 Å². The van der Waals surface area contributed by atoms with Crippen molar-refractivity contribution in [2.75, 3.05) is 18.5 Å². The highest BCUT2D eigenvalue weighted by molar-refractivity contribution is 6.99. The molecule has 3 N–H and O–H groups in total. The first-order valence-electron chi connectivity index (χ1n) is 16.8. The number of aliphatic hydroxyl groups excluding tert-OH is 1. The van der Waals surface area contributed by atoms with E-state index in [2.05, 4.69) is 84.8 Å². The molecular formula is C40H42FN5O3Si. The fourth-order valence-electron chi connectivity index (χ4n) is 6.57. The van der Waals surface area contributed by atoms with Gasteiger partial charge in [-0.05, 0) is 70.7 Å². The molecule has 0 saturated heterocycles. The van der Waals surface area contributed by atoms with Crippen LogP contribution < -0.4 is 21.2 Å². The van der Waals surface area contributed by atoms with E-state index in [1.165, 1.54) is 22.9 Å². The summed E-state index contributed by atoms with van der Waals surface area (Å²) >= 11 is 0. The summed E-state index contributed by atoms with van der Waals surface area (Å²) < 4.78 is 22.6. The molecule has 50 heavy (non-hydrogen) atoms. The third-order valence-corrected chi connectivity index (χ3v) is 14.0. The number of aliphatic hydroxyl groups is 1. The van der Waals surface area contributed by atoms with Crippen LogP contribution in [0.2, 0.25) is 5.04 Å². The first kappa shape index (κ1) is 34.7. The number of benzene rings is 4. The number of aromatic amines is 1. The second-order valence-corrected chi connectivity index (χ2v) is 17.7. The lowest BCUT2D eigenvalue weighted by Gasteiger charge is -2.43. The van der Waals surface area contributed by atoms with Gasteiger partial charge in [-0.25, -0.2) is 4.39 Å². The zero-order chi connectivity index (χ0) is 35.3. The number of rotatable bonds is 12. The lowest BCUT2D eigenvalue weighted by molar-refractivity contribution is 0.233. The minimum Gasteiger partial charge on any atom is -0.405 e. The predicted octanol–water partition coefficient (Wildman–Crippen LogP) is 6.48. The number of nitrogens with one attached hydrogen (secondary N) is 2. The minimum atomic E-state index is -2.88. The third kappa shape index (κ3) is 6.95. The van der Waals surface area contributed by atoms with E-state index in [0.717, 1.165) is 15.9 Å². The third-order valence-electron chi connectivity index (χ3n) is 9.03. The summed E-state index contributed by atoms with van der Waals surface area (Å²) in [5.41, 5.74) is 3.58. The highest BCUT2D eigenvalue weighted by Crippen LogP contribution is 2.38. The van der Waals surface area contributed by atoms with Crippen molar-refractivity contribution in [3.05, 3.63) is 143 Å². The summed E-state index contributed by atoms with van der Waals surface area (Å²) in [6, 6.07) is 37.3. The van der Waals surface area contributed by atoms with E-state index in [0.29, 0.717) is 40.4 Å². The summed E-state index contributed by atoms with van der Waals surface area (Å²) in [6.45, 7) is 8.82. The number of para-hydroxylation sites is 1. The maximum atomic E-state index is 14.0. The Morgan fingerprint density at radius 1 is 0.880 bits per heavy atom. The Bertz CT molecular complexity index is 2060. The highest BCUT2D eigenvalue weighted by Gasteiger charge is 2.50. The van der Waals surface area contributed by atoms with E-state index < -0.39 is 8.32 Å². The maximum absolute atomic E-state index is 14.0. The van der Waals surface area contributed by atoms with Gasteiger partial charge in [-0.15, -0.1) is 0 Å². The molecular weight excluding hydrogens is 646 g/mol. The fraction of sp³-hybridized carbons (Fsp3) is 0.225. The maximum Gasteiger partial charge on any atom is 0.271 e. The van der Waals surface area contributed by atoms with E-state index in [1.54, 1.807) is 18.2 Å². The van der Waals surface area contributed by atoms with Crippen molar-refractivity contribution < 1.29 is 13.9 Å². The van der Waals surface area contributed by atoms with Gasteiger partial charge in [0.05, 0.1) is 29.6 Å². The molecule has 0 radical (unpaired) electrons. The van der Waals surface area contributed by atoms with Crippen LogP contribution >= 0.6 is 0 Å². The molecule has 0 saturated carbocycles. The van der Waals surface area contributed by atoms with Gasteiger partial charge < -0.3 is 14.8 Å².